The van der Waals surface area contributed by atoms with E-state index in [0.29, 0.717) is 41.5 Å². The lowest BCUT2D eigenvalue weighted by Gasteiger charge is -2.30. The Bertz CT molecular complexity index is 956. The lowest BCUT2D eigenvalue weighted by atomic mass is 9.98. The van der Waals surface area contributed by atoms with Crippen LogP contribution in [0.3, 0.4) is 0 Å². The Labute approximate surface area is 181 Å². The van der Waals surface area contributed by atoms with E-state index in [9.17, 15) is 18.0 Å². The zero-order chi connectivity index (χ0) is 21.6. The summed E-state index contributed by atoms with van der Waals surface area (Å²) in [6, 6.07) is 9.80. The van der Waals surface area contributed by atoms with Crippen LogP contribution in [-0.4, -0.2) is 44.3 Å². The molecule has 1 fully saturated rings. The van der Waals surface area contributed by atoms with Crippen molar-refractivity contribution in [3.05, 3.63) is 47.3 Å². The molecule has 1 aromatic carbocycles. The molecule has 162 valence electrons. The predicted octanol–water partition coefficient (Wildman–Crippen LogP) is 3.74. The first-order chi connectivity index (χ1) is 14.4. The first-order valence-electron chi connectivity index (χ1n) is 10.0. The van der Waals surface area contributed by atoms with Crippen molar-refractivity contribution in [2.75, 3.05) is 25.0 Å². The Hall–Kier alpha value is -2.23. The summed E-state index contributed by atoms with van der Waals surface area (Å²) in [5, 5.41) is 4.55. The van der Waals surface area contributed by atoms with Crippen molar-refractivity contribution in [2.24, 2.45) is 5.92 Å². The van der Waals surface area contributed by atoms with Crippen LogP contribution in [0.2, 0.25) is 0 Å². The molecule has 0 radical (unpaired) electrons. The minimum atomic E-state index is -3.56. The second-order valence-corrected chi connectivity index (χ2v) is 10.3. The molecule has 0 aliphatic carbocycles. The van der Waals surface area contributed by atoms with Crippen LogP contribution in [0.25, 0.3) is 0 Å². The maximum absolute atomic E-state index is 12.7. The number of sulfonamides is 1. The molecule has 1 aromatic heterocycles. The number of ether oxygens (including phenoxy) is 1. The molecule has 1 aliphatic rings. The van der Waals surface area contributed by atoms with E-state index in [-0.39, 0.29) is 18.4 Å². The maximum Gasteiger partial charge on any atom is 0.338 e. The van der Waals surface area contributed by atoms with Gasteiger partial charge in [-0.3, -0.25) is 4.79 Å². The number of hydrogen-bond donors (Lipinski definition) is 1. The minimum absolute atomic E-state index is 0.161. The molecule has 1 N–H and O–H groups in total. The van der Waals surface area contributed by atoms with E-state index in [1.165, 1.54) is 15.6 Å². The van der Waals surface area contributed by atoms with Crippen LogP contribution in [-0.2, 0) is 19.6 Å². The summed E-state index contributed by atoms with van der Waals surface area (Å²) in [5.74, 6) is -1.03. The van der Waals surface area contributed by atoms with Gasteiger partial charge in [-0.1, -0.05) is 19.4 Å². The smallest absolute Gasteiger partial charge is 0.338 e. The Morgan fingerprint density at radius 1 is 1.23 bits per heavy atom. The molecule has 2 aromatic rings. The van der Waals surface area contributed by atoms with Gasteiger partial charge in [0.05, 0.1) is 18.1 Å². The Kier molecular flexibility index (Phi) is 7.63. The number of nitrogens with zero attached hydrogens (tertiary/aromatic N) is 1. The largest absolute Gasteiger partial charge is 0.462 e. The van der Waals surface area contributed by atoms with Crippen molar-refractivity contribution >= 4 is 38.9 Å². The highest BCUT2D eigenvalue weighted by atomic mass is 32.2. The number of carbonyl (C=O) groups is 2. The van der Waals surface area contributed by atoms with Crippen molar-refractivity contribution in [3.63, 3.8) is 0 Å². The van der Waals surface area contributed by atoms with Crippen LogP contribution in [0.1, 0.15) is 43.0 Å². The fourth-order valence-electron chi connectivity index (χ4n) is 3.24. The van der Waals surface area contributed by atoms with Crippen LogP contribution < -0.4 is 5.32 Å². The third kappa shape index (κ3) is 5.47. The third-order valence-electron chi connectivity index (χ3n) is 4.96. The van der Waals surface area contributed by atoms with E-state index in [4.69, 9.17) is 4.74 Å². The number of anilines is 1. The maximum atomic E-state index is 12.7. The zero-order valence-corrected chi connectivity index (χ0v) is 18.5. The number of nitrogens with one attached hydrogen (secondary N) is 1. The van der Waals surface area contributed by atoms with Gasteiger partial charge in [-0.2, -0.15) is 4.31 Å². The zero-order valence-electron chi connectivity index (χ0n) is 16.9. The van der Waals surface area contributed by atoms with Crippen molar-refractivity contribution < 1.29 is 22.7 Å². The van der Waals surface area contributed by atoms with Crippen LogP contribution in [0.4, 0.5) is 5.69 Å². The van der Waals surface area contributed by atoms with Gasteiger partial charge < -0.3 is 10.1 Å². The van der Waals surface area contributed by atoms with Gasteiger partial charge in [0.2, 0.25) is 5.91 Å². The standard InChI is InChI=1S/C21H26N2O5S2/c1-2-3-13-28-21(25)16-8-10-18(11-9-16)22-20(24)17-6-4-12-23(15-17)30(26,27)19-7-5-14-29-19/h5,7-11,14,17H,2-4,6,12-13,15H2,1H3,(H,22,24). The van der Waals surface area contributed by atoms with Gasteiger partial charge >= 0.3 is 5.97 Å². The number of unbranched alkanes of at least 4 members (excludes halogenated alkanes) is 1. The molecule has 1 saturated heterocycles. The molecular formula is C21H26N2O5S2. The average molecular weight is 451 g/mol. The van der Waals surface area contributed by atoms with Crippen LogP contribution in [0.15, 0.2) is 46.0 Å². The highest BCUT2D eigenvalue weighted by molar-refractivity contribution is 7.91. The number of carbonyl (C=O) groups excluding carboxylic acids is 2. The van der Waals surface area contributed by atoms with E-state index >= 15 is 0 Å². The summed E-state index contributed by atoms with van der Waals surface area (Å²) in [6.45, 7) is 2.99. The summed E-state index contributed by atoms with van der Waals surface area (Å²) >= 11 is 1.18. The van der Waals surface area contributed by atoms with Gasteiger partial charge in [0.25, 0.3) is 10.0 Å². The van der Waals surface area contributed by atoms with E-state index < -0.39 is 15.9 Å². The van der Waals surface area contributed by atoms with Gasteiger partial charge in [-0.05, 0) is 55.0 Å². The van der Waals surface area contributed by atoms with Crippen molar-refractivity contribution in [1.29, 1.82) is 0 Å². The normalized spacial score (nSPS) is 17.4. The van der Waals surface area contributed by atoms with E-state index in [2.05, 4.69) is 5.32 Å². The fraction of sp³-hybridized carbons (Fsp3) is 0.429. The summed E-state index contributed by atoms with van der Waals surface area (Å²) in [6.07, 6.45) is 3.03. The summed E-state index contributed by atoms with van der Waals surface area (Å²) in [5.41, 5.74) is 0.985. The van der Waals surface area contributed by atoms with Gasteiger partial charge in [-0.25, -0.2) is 13.2 Å². The molecule has 7 nitrogen and oxygen atoms in total. The first-order valence-corrected chi connectivity index (χ1v) is 12.4. The van der Waals surface area contributed by atoms with Gasteiger partial charge in [-0.15, -0.1) is 11.3 Å². The minimum Gasteiger partial charge on any atom is -0.462 e. The lowest BCUT2D eigenvalue weighted by molar-refractivity contribution is -0.120. The van der Waals surface area contributed by atoms with Gasteiger partial charge in [0, 0.05) is 18.8 Å². The van der Waals surface area contributed by atoms with Crippen LogP contribution >= 0.6 is 11.3 Å². The molecule has 30 heavy (non-hydrogen) atoms. The molecule has 0 spiro atoms. The number of esters is 1. The average Bonchev–Trinajstić information content (AvgIpc) is 3.30. The summed E-state index contributed by atoms with van der Waals surface area (Å²) in [7, 11) is -3.56. The molecule has 1 amide bonds. The Morgan fingerprint density at radius 3 is 2.67 bits per heavy atom. The van der Waals surface area contributed by atoms with Crippen LogP contribution in [0.5, 0.6) is 0 Å². The number of thiophene rings is 1. The highest BCUT2D eigenvalue weighted by Gasteiger charge is 2.33. The third-order valence-corrected chi connectivity index (χ3v) is 8.20. The van der Waals surface area contributed by atoms with Crippen LogP contribution in [0, 0.1) is 5.92 Å². The second kappa shape index (κ2) is 10.2. The topological polar surface area (TPSA) is 92.8 Å². The molecule has 9 heteroatoms. The monoisotopic (exact) mass is 450 g/mol. The summed E-state index contributed by atoms with van der Waals surface area (Å²) < 4.78 is 32.3. The number of rotatable bonds is 8. The molecule has 0 saturated carbocycles. The molecule has 1 aliphatic heterocycles. The quantitative estimate of drug-likeness (QED) is 0.488. The van der Waals surface area contributed by atoms with Crippen molar-refractivity contribution in [3.8, 4) is 0 Å². The van der Waals surface area contributed by atoms with E-state index in [1.807, 2.05) is 6.92 Å². The molecule has 2 heterocycles. The molecule has 3 rings (SSSR count). The van der Waals surface area contributed by atoms with Gasteiger partial charge in [0.1, 0.15) is 4.21 Å². The van der Waals surface area contributed by atoms with Crippen molar-refractivity contribution in [1.82, 2.24) is 4.31 Å². The second-order valence-electron chi connectivity index (χ2n) is 7.19. The fourth-order valence-corrected chi connectivity index (χ4v) is 5.91. The number of benzene rings is 1. The van der Waals surface area contributed by atoms with Gasteiger partial charge in [0.15, 0.2) is 0 Å². The molecule has 1 unspecified atom stereocenters. The number of hydrogen-bond acceptors (Lipinski definition) is 6. The SMILES string of the molecule is CCCCOC(=O)c1ccc(NC(=O)C2CCCN(S(=O)(=O)c3cccs3)C2)cc1. The first kappa shape index (κ1) is 22.5. The van der Waals surface area contributed by atoms with E-state index in [0.717, 1.165) is 12.8 Å². The predicted molar refractivity (Wildman–Crippen MR) is 116 cm³/mol. The Morgan fingerprint density at radius 2 is 2.00 bits per heavy atom. The molecule has 1 atom stereocenters. The highest BCUT2D eigenvalue weighted by Crippen LogP contribution is 2.27. The number of piperidine rings is 1. The lowest BCUT2D eigenvalue weighted by Crippen LogP contribution is -2.43. The number of amides is 1. The van der Waals surface area contributed by atoms with E-state index in [1.54, 1.807) is 41.8 Å². The van der Waals surface area contributed by atoms with Crippen molar-refractivity contribution in [2.45, 2.75) is 36.8 Å². The Balaban J connectivity index is 1.58. The molecule has 0 bridgehead atoms. The molecular weight excluding hydrogens is 424 g/mol. The summed E-state index contributed by atoms with van der Waals surface area (Å²) in [4.78, 5) is 24.7.